The van der Waals surface area contributed by atoms with E-state index < -0.39 is 11.9 Å². The Labute approximate surface area is 162 Å². The topological polar surface area (TPSA) is 79.5 Å². The number of furan rings is 1. The number of nitrogens with one attached hydrogen (secondary N) is 1. The Balaban J connectivity index is 1.84. The molecule has 0 atom stereocenters. The highest BCUT2D eigenvalue weighted by atomic mass is 35.5. The Morgan fingerprint density at radius 2 is 1.85 bits per heavy atom. The van der Waals surface area contributed by atoms with Crippen LogP contribution in [0.5, 0.6) is 0 Å². The number of carbonyl (C=O) groups excluding carboxylic acids is 1. The molecule has 0 aliphatic heterocycles. The highest BCUT2D eigenvalue weighted by Crippen LogP contribution is 2.31. The van der Waals surface area contributed by atoms with Crippen LogP contribution in [0.1, 0.15) is 16.1 Å². The van der Waals surface area contributed by atoms with Gasteiger partial charge in [0, 0.05) is 11.6 Å². The smallest absolute Gasteiger partial charge is 0.352 e. The molecule has 0 unspecified atom stereocenters. The summed E-state index contributed by atoms with van der Waals surface area (Å²) < 4.78 is 6.14. The van der Waals surface area contributed by atoms with E-state index in [1.807, 2.05) is 30.3 Å². The van der Waals surface area contributed by atoms with Crippen LogP contribution in [0.15, 0.2) is 58.6 Å². The number of rotatable bonds is 5. The van der Waals surface area contributed by atoms with Gasteiger partial charge in [-0.1, -0.05) is 53.5 Å². The van der Waals surface area contributed by atoms with Crippen molar-refractivity contribution in [2.45, 2.75) is 0 Å². The number of hydrogen-bond acceptors (Lipinski definition) is 4. The number of aliphatic carboxylic acids is 1. The zero-order chi connectivity index (χ0) is 18.7. The van der Waals surface area contributed by atoms with Gasteiger partial charge in [0.1, 0.15) is 21.6 Å². The highest BCUT2D eigenvalue weighted by Gasteiger charge is 2.18. The summed E-state index contributed by atoms with van der Waals surface area (Å²) in [6.45, 7) is 0. The molecule has 2 heterocycles. The molecule has 0 bridgehead atoms. The minimum absolute atomic E-state index is 0.109. The summed E-state index contributed by atoms with van der Waals surface area (Å²) >= 11 is 12.8. The first-order valence-electron chi connectivity index (χ1n) is 7.30. The van der Waals surface area contributed by atoms with Crippen LogP contribution in [-0.2, 0) is 4.79 Å². The summed E-state index contributed by atoms with van der Waals surface area (Å²) in [5, 5.41) is 11.7. The van der Waals surface area contributed by atoms with Gasteiger partial charge in [0.05, 0.1) is 9.90 Å². The second-order valence-electron chi connectivity index (χ2n) is 5.12. The second-order valence-corrected chi connectivity index (χ2v) is 7.41. The monoisotopic (exact) mass is 407 g/mol. The fourth-order valence-corrected chi connectivity index (χ4v) is 3.62. The number of thiophene rings is 1. The molecule has 0 fully saturated rings. The lowest BCUT2D eigenvalue weighted by molar-refractivity contribution is -0.132. The SMILES string of the molecule is O=C(O)C(=Cc1ccc(-c2ccccc2)o1)NC(=O)c1cc(Cl)sc1Cl. The van der Waals surface area contributed by atoms with Gasteiger partial charge in [-0.05, 0) is 18.2 Å². The van der Waals surface area contributed by atoms with E-state index in [0.717, 1.165) is 16.9 Å². The molecular weight excluding hydrogens is 397 g/mol. The average Bonchev–Trinajstić information content (AvgIpc) is 3.21. The lowest BCUT2D eigenvalue weighted by Gasteiger charge is -2.04. The molecule has 0 saturated heterocycles. The van der Waals surface area contributed by atoms with Crippen LogP contribution in [0.25, 0.3) is 17.4 Å². The van der Waals surface area contributed by atoms with Gasteiger partial charge in [-0.15, -0.1) is 11.3 Å². The van der Waals surface area contributed by atoms with Crippen molar-refractivity contribution in [2.75, 3.05) is 0 Å². The quantitative estimate of drug-likeness (QED) is 0.571. The fourth-order valence-electron chi connectivity index (χ4n) is 2.17. The highest BCUT2D eigenvalue weighted by molar-refractivity contribution is 7.20. The van der Waals surface area contributed by atoms with Crippen LogP contribution >= 0.6 is 34.5 Å². The molecule has 8 heteroatoms. The van der Waals surface area contributed by atoms with Gasteiger partial charge in [0.15, 0.2) is 0 Å². The van der Waals surface area contributed by atoms with Crippen molar-refractivity contribution in [3.05, 3.63) is 74.2 Å². The second kappa shape index (κ2) is 7.78. The number of hydrogen-bond donors (Lipinski definition) is 2. The summed E-state index contributed by atoms with van der Waals surface area (Å²) in [5.41, 5.74) is 0.619. The lowest BCUT2D eigenvalue weighted by Crippen LogP contribution is -2.27. The van der Waals surface area contributed by atoms with Gasteiger partial charge in [0.25, 0.3) is 5.91 Å². The molecule has 2 aromatic heterocycles. The zero-order valence-corrected chi connectivity index (χ0v) is 15.4. The zero-order valence-electron chi connectivity index (χ0n) is 13.0. The van der Waals surface area contributed by atoms with E-state index in [1.165, 1.54) is 12.1 Å². The third-order valence-corrected chi connectivity index (χ3v) is 4.84. The van der Waals surface area contributed by atoms with E-state index in [2.05, 4.69) is 5.32 Å². The van der Waals surface area contributed by atoms with Gasteiger partial charge < -0.3 is 14.8 Å². The van der Waals surface area contributed by atoms with Crippen LogP contribution < -0.4 is 5.32 Å². The van der Waals surface area contributed by atoms with Crippen molar-refractivity contribution in [3.8, 4) is 11.3 Å². The number of halogens is 2. The summed E-state index contributed by atoms with van der Waals surface area (Å²) in [7, 11) is 0. The minimum Gasteiger partial charge on any atom is -0.477 e. The first-order valence-corrected chi connectivity index (χ1v) is 8.87. The first kappa shape index (κ1) is 18.3. The Morgan fingerprint density at radius 1 is 1.12 bits per heavy atom. The van der Waals surface area contributed by atoms with Crippen molar-refractivity contribution in [3.63, 3.8) is 0 Å². The number of carboxylic acid groups (broad SMARTS) is 1. The molecule has 0 radical (unpaired) electrons. The van der Waals surface area contributed by atoms with Gasteiger partial charge in [-0.2, -0.15) is 0 Å². The minimum atomic E-state index is -1.31. The van der Waals surface area contributed by atoms with Gasteiger partial charge >= 0.3 is 5.97 Å². The summed E-state index contributed by atoms with van der Waals surface area (Å²) in [6.07, 6.45) is 1.23. The fraction of sp³-hybridized carbons (Fsp3) is 0. The Bertz CT molecular complexity index is 992. The Kier molecular flexibility index (Phi) is 5.46. The molecule has 3 rings (SSSR count). The molecule has 0 saturated carbocycles. The van der Waals surface area contributed by atoms with Crippen molar-refractivity contribution >= 4 is 52.5 Å². The number of amides is 1. The normalized spacial score (nSPS) is 11.4. The maximum absolute atomic E-state index is 12.2. The molecule has 26 heavy (non-hydrogen) atoms. The van der Waals surface area contributed by atoms with E-state index in [1.54, 1.807) is 12.1 Å². The predicted molar refractivity (Wildman–Crippen MR) is 102 cm³/mol. The maximum atomic E-state index is 12.2. The molecule has 2 N–H and O–H groups in total. The average molecular weight is 408 g/mol. The van der Waals surface area contributed by atoms with Gasteiger partial charge in [-0.25, -0.2) is 4.79 Å². The van der Waals surface area contributed by atoms with E-state index in [0.29, 0.717) is 10.1 Å². The molecule has 1 amide bonds. The Hall–Kier alpha value is -2.54. The van der Waals surface area contributed by atoms with Crippen molar-refractivity contribution in [1.82, 2.24) is 5.32 Å². The molecule has 3 aromatic rings. The largest absolute Gasteiger partial charge is 0.477 e. The number of benzene rings is 1. The van der Waals surface area contributed by atoms with Gasteiger partial charge in [0.2, 0.25) is 0 Å². The standard InChI is InChI=1S/C18H11Cl2NO4S/c19-15-9-12(16(20)26-15)17(22)21-13(18(23)24)8-11-6-7-14(25-11)10-4-2-1-3-5-10/h1-9H,(H,21,22)(H,23,24). The van der Waals surface area contributed by atoms with E-state index >= 15 is 0 Å². The van der Waals surface area contributed by atoms with E-state index in [9.17, 15) is 14.7 Å². The van der Waals surface area contributed by atoms with Crippen molar-refractivity contribution < 1.29 is 19.1 Å². The van der Waals surface area contributed by atoms with Crippen LogP contribution in [0, 0.1) is 0 Å². The Morgan fingerprint density at radius 3 is 2.46 bits per heavy atom. The van der Waals surface area contributed by atoms with Crippen LogP contribution in [-0.4, -0.2) is 17.0 Å². The predicted octanol–water partition coefficient (Wildman–Crippen LogP) is 5.17. The first-order chi connectivity index (χ1) is 12.4. The molecular formula is C18H11Cl2NO4S. The van der Waals surface area contributed by atoms with Crippen molar-refractivity contribution in [1.29, 1.82) is 0 Å². The van der Waals surface area contributed by atoms with Gasteiger partial charge in [-0.3, -0.25) is 4.79 Å². The van der Waals surface area contributed by atoms with E-state index in [4.69, 9.17) is 27.6 Å². The van der Waals surface area contributed by atoms with Crippen LogP contribution in [0.3, 0.4) is 0 Å². The summed E-state index contributed by atoms with van der Waals surface area (Å²) in [4.78, 5) is 23.7. The third kappa shape index (κ3) is 4.16. The molecule has 0 aliphatic rings. The summed E-state index contributed by atoms with van der Waals surface area (Å²) in [5.74, 6) is -1.10. The van der Waals surface area contributed by atoms with Crippen LogP contribution in [0.4, 0.5) is 0 Å². The number of carboxylic acids is 1. The molecule has 5 nitrogen and oxygen atoms in total. The lowest BCUT2D eigenvalue weighted by atomic mass is 10.2. The van der Waals surface area contributed by atoms with Crippen molar-refractivity contribution in [2.24, 2.45) is 0 Å². The molecule has 0 spiro atoms. The van der Waals surface area contributed by atoms with E-state index in [-0.39, 0.29) is 21.4 Å². The molecule has 0 aliphatic carbocycles. The maximum Gasteiger partial charge on any atom is 0.352 e. The number of carbonyl (C=O) groups is 2. The summed E-state index contributed by atoms with van der Waals surface area (Å²) in [6, 6.07) is 14.1. The third-order valence-electron chi connectivity index (χ3n) is 3.35. The molecule has 132 valence electrons. The molecule has 1 aromatic carbocycles. The van der Waals surface area contributed by atoms with Crippen LogP contribution in [0.2, 0.25) is 8.67 Å².